The molecule has 1 atom stereocenters. The molecule has 1 N–H and O–H groups in total. The third kappa shape index (κ3) is 3.94. The Balaban J connectivity index is 1.59. The molecule has 0 bridgehead atoms. The molecule has 0 unspecified atom stereocenters. The number of nitrogens with zero attached hydrogens (tertiary/aromatic N) is 2. The highest BCUT2D eigenvalue weighted by Crippen LogP contribution is 2.39. The van der Waals surface area contributed by atoms with E-state index in [-0.39, 0.29) is 24.2 Å². The molecular formula is C22H23Cl2N3O3. The van der Waals surface area contributed by atoms with E-state index in [0.717, 1.165) is 5.56 Å². The van der Waals surface area contributed by atoms with E-state index in [9.17, 15) is 9.59 Å². The Kier molecular flexibility index (Phi) is 6.06. The largest absolute Gasteiger partial charge is 0.450 e. The average molecular weight is 448 g/mol. The predicted molar refractivity (Wildman–Crippen MR) is 117 cm³/mol. The molecule has 1 fully saturated rings. The van der Waals surface area contributed by atoms with E-state index < -0.39 is 0 Å². The third-order valence-electron chi connectivity index (χ3n) is 5.60. The van der Waals surface area contributed by atoms with Gasteiger partial charge in [0.2, 0.25) is 0 Å². The van der Waals surface area contributed by atoms with Crippen LogP contribution in [0.1, 0.15) is 41.9 Å². The van der Waals surface area contributed by atoms with E-state index in [4.69, 9.17) is 27.9 Å². The molecule has 30 heavy (non-hydrogen) atoms. The summed E-state index contributed by atoms with van der Waals surface area (Å²) in [5.74, 6) is -0.0177. The number of benzene rings is 2. The number of hydrogen-bond acceptors (Lipinski definition) is 4. The van der Waals surface area contributed by atoms with Crippen LogP contribution in [0.4, 0.5) is 10.5 Å². The molecule has 4 rings (SSSR count). The number of ether oxygens (including phenoxy) is 1. The van der Waals surface area contributed by atoms with Crippen LogP contribution in [0.5, 0.6) is 0 Å². The second kappa shape index (κ2) is 8.74. The molecule has 0 saturated carbocycles. The molecule has 2 heterocycles. The number of piperidine rings is 1. The Morgan fingerprint density at radius 3 is 2.63 bits per heavy atom. The van der Waals surface area contributed by atoms with E-state index in [1.54, 1.807) is 30.0 Å². The SMILES string of the molecule is CCOC(=O)N1CCC(N2C(=O)c3ccccc3[C@@H]2Nc2cc(Cl)ccc2Cl)CC1. The Labute approximate surface area is 185 Å². The molecule has 2 aliphatic heterocycles. The molecule has 0 aliphatic carbocycles. The summed E-state index contributed by atoms with van der Waals surface area (Å²) < 4.78 is 5.11. The molecule has 6 nitrogen and oxygen atoms in total. The lowest BCUT2D eigenvalue weighted by Crippen LogP contribution is -2.49. The summed E-state index contributed by atoms with van der Waals surface area (Å²) in [6, 6.07) is 12.8. The van der Waals surface area contributed by atoms with Gasteiger partial charge in [0, 0.05) is 35.3 Å². The van der Waals surface area contributed by atoms with Crippen molar-refractivity contribution in [3.8, 4) is 0 Å². The van der Waals surface area contributed by atoms with Crippen LogP contribution in [0.2, 0.25) is 10.0 Å². The number of rotatable bonds is 4. The number of anilines is 1. The topological polar surface area (TPSA) is 61.9 Å². The van der Waals surface area contributed by atoms with Crippen molar-refractivity contribution in [2.24, 2.45) is 0 Å². The van der Waals surface area contributed by atoms with Gasteiger partial charge in [-0.25, -0.2) is 4.79 Å². The lowest BCUT2D eigenvalue weighted by Gasteiger charge is -2.39. The average Bonchev–Trinajstić information content (AvgIpc) is 3.03. The number of carbonyl (C=O) groups excluding carboxylic acids is 2. The lowest BCUT2D eigenvalue weighted by molar-refractivity contribution is 0.0496. The lowest BCUT2D eigenvalue weighted by atomic mass is 10.0. The minimum atomic E-state index is -0.358. The molecule has 2 aromatic rings. The van der Waals surface area contributed by atoms with Crippen LogP contribution in [0.15, 0.2) is 42.5 Å². The Morgan fingerprint density at radius 1 is 1.17 bits per heavy atom. The van der Waals surface area contributed by atoms with Gasteiger partial charge in [-0.2, -0.15) is 0 Å². The van der Waals surface area contributed by atoms with E-state index in [0.29, 0.717) is 53.8 Å². The first-order valence-corrected chi connectivity index (χ1v) is 10.8. The minimum absolute atomic E-state index is 0.00830. The minimum Gasteiger partial charge on any atom is -0.450 e. The van der Waals surface area contributed by atoms with E-state index in [2.05, 4.69) is 5.32 Å². The summed E-state index contributed by atoms with van der Waals surface area (Å²) in [5, 5.41) is 4.52. The van der Waals surface area contributed by atoms with Gasteiger partial charge >= 0.3 is 6.09 Å². The Bertz CT molecular complexity index is 960. The predicted octanol–water partition coefficient (Wildman–Crippen LogP) is 5.18. The van der Waals surface area contributed by atoms with E-state index in [1.165, 1.54) is 0 Å². The second-order valence-corrected chi connectivity index (χ2v) is 8.23. The van der Waals surface area contributed by atoms with Gasteiger partial charge in [-0.05, 0) is 44.0 Å². The maximum atomic E-state index is 13.3. The number of nitrogens with one attached hydrogen (secondary N) is 1. The first-order chi connectivity index (χ1) is 14.5. The monoisotopic (exact) mass is 447 g/mol. The van der Waals surface area contributed by atoms with E-state index in [1.807, 2.05) is 29.2 Å². The fourth-order valence-electron chi connectivity index (χ4n) is 4.16. The molecule has 2 amide bonds. The summed E-state index contributed by atoms with van der Waals surface area (Å²) in [4.78, 5) is 28.9. The first kappa shape index (κ1) is 20.8. The molecule has 0 aromatic heterocycles. The number of hydrogen-bond donors (Lipinski definition) is 1. The zero-order valence-electron chi connectivity index (χ0n) is 16.6. The van der Waals surface area contributed by atoms with Crippen molar-refractivity contribution in [1.29, 1.82) is 0 Å². The van der Waals surface area contributed by atoms with Crippen molar-refractivity contribution in [1.82, 2.24) is 9.80 Å². The van der Waals surface area contributed by atoms with Crippen molar-refractivity contribution in [2.75, 3.05) is 25.0 Å². The van der Waals surface area contributed by atoms with Crippen LogP contribution in [0, 0.1) is 0 Å². The molecule has 2 aliphatic rings. The number of halogens is 2. The number of likely N-dealkylation sites (tertiary alicyclic amines) is 1. The Morgan fingerprint density at radius 2 is 1.90 bits per heavy atom. The second-order valence-electron chi connectivity index (χ2n) is 7.39. The van der Waals surface area contributed by atoms with Crippen LogP contribution in [0.3, 0.4) is 0 Å². The maximum absolute atomic E-state index is 13.3. The van der Waals surface area contributed by atoms with Gasteiger partial charge in [0.25, 0.3) is 5.91 Å². The summed E-state index contributed by atoms with van der Waals surface area (Å²) in [6.45, 7) is 3.25. The van der Waals surface area contributed by atoms with Crippen molar-refractivity contribution >= 4 is 40.9 Å². The standard InChI is InChI=1S/C22H23Cl2N3O3/c1-2-30-22(29)26-11-9-15(10-12-26)27-20(16-5-3-4-6-17(16)21(27)28)25-19-13-14(23)7-8-18(19)24/h3-8,13,15,20,25H,2,9-12H2,1H3/t20-/m1/s1. The van der Waals surface area contributed by atoms with Crippen LogP contribution in [-0.4, -0.2) is 47.5 Å². The van der Waals surface area contributed by atoms with Gasteiger partial charge in [0.05, 0.1) is 17.3 Å². The van der Waals surface area contributed by atoms with Gasteiger partial charge < -0.3 is 19.9 Å². The molecule has 0 radical (unpaired) electrons. The molecule has 8 heteroatoms. The Hall–Kier alpha value is -2.44. The normalized spacial score (nSPS) is 19.0. The van der Waals surface area contributed by atoms with Crippen molar-refractivity contribution in [3.05, 3.63) is 63.6 Å². The summed E-state index contributed by atoms with van der Waals surface area (Å²) in [6.07, 6.45) is 0.705. The molecular weight excluding hydrogens is 425 g/mol. The first-order valence-electron chi connectivity index (χ1n) is 10.0. The quantitative estimate of drug-likeness (QED) is 0.700. The number of fused-ring (bicyclic) bond motifs is 1. The van der Waals surface area contributed by atoms with Crippen LogP contribution >= 0.6 is 23.2 Å². The zero-order chi connectivity index (χ0) is 21.3. The molecule has 1 saturated heterocycles. The fraction of sp³-hybridized carbons (Fsp3) is 0.364. The highest BCUT2D eigenvalue weighted by Gasteiger charge is 2.42. The summed E-state index contributed by atoms with van der Waals surface area (Å²) in [7, 11) is 0. The van der Waals surface area contributed by atoms with E-state index >= 15 is 0 Å². The fourth-order valence-corrected chi connectivity index (χ4v) is 4.50. The van der Waals surface area contributed by atoms with Crippen molar-refractivity contribution in [3.63, 3.8) is 0 Å². The number of amides is 2. The molecule has 158 valence electrons. The van der Waals surface area contributed by atoms with Crippen molar-refractivity contribution < 1.29 is 14.3 Å². The highest BCUT2D eigenvalue weighted by molar-refractivity contribution is 6.35. The van der Waals surface area contributed by atoms with Crippen LogP contribution in [0.25, 0.3) is 0 Å². The van der Waals surface area contributed by atoms with Gasteiger partial charge in [0.15, 0.2) is 0 Å². The van der Waals surface area contributed by atoms with Crippen LogP contribution in [-0.2, 0) is 4.74 Å². The van der Waals surface area contributed by atoms with Crippen LogP contribution < -0.4 is 5.32 Å². The van der Waals surface area contributed by atoms with Gasteiger partial charge in [-0.1, -0.05) is 41.4 Å². The van der Waals surface area contributed by atoms with Gasteiger partial charge in [0.1, 0.15) is 6.17 Å². The smallest absolute Gasteiger partial charge is 0.409 e. The number of carbonyl (C=O) groups is 2. The third-order valence-corrected chi connectivity index (χ3v) is 6.17. The van der Waals surface area contributed by atoms with Gasteiger partial charge in [-0.15, -0.1) is 0 Å². The molecule has 2 aromatic carbocycles. The summed E-state index contributed by atoms with van der Waals surface area (Å²) >= 11 is 12.5. The molecule has 0 spiro atoms. The zero-order valence-corrected chi connectivity index (χ0v) is 18.1. The maximum Gasteiger partial charge on any atom is 0.409 e. The summed E-state index contributed by atoms with van der Waals surface area (Å²) in [5.41, 5.74) is 2.26. The van der Waals surface area contributed by atoms with Gasteiger partial charge in [-0.3, -0.25) is 4.79 Å². The van der Waals surface area contributed by atoms with Crippen molar-refractivity contribution in [2.45, 2.75) is 32.0 Å². The highest BCUT2D eigenvalue weighted by atomic mass is 35.5.